The smallest absolute Gasteiger partial charge is 0.407 e. The SMILES string of the molecule is CC(C)Oc1ccc2c(c1CN1CCN(C(=O)O)CC1)O/C(=C\c1n[nH]c3ccccc13)C2=O. The molecular weight excluding hydrogens is 436 g/mol. The molecule has 3 heterocycles. The van der Waals surface area contributed by atoms with Gasteiger partial charge in [0, 0.05) is 44.2 Å². The molecule has 5 rings (SSSR count). The first-order chi connectivity index (χ1) is 16.4. The van der Waals surface area contributed by atoms with Gasteiger partial charge in [0.05, 0.1) is 28.4 Å². The monoisotopic (exact) mass is 462 g/mol. The van der Waals surface area contributed by atoms with Crippen molar-refractivity contribution in [3.63, 3.8) is 0 Å². The molecule has 9 nitrogen and oxygen atoms in total. The molecule has 2 aromatic carbocycles. The van der Waals surface area contributed by atoms with Gasteiger partial charge in [-0.15, -0.1) is 0 Å². The first kappa shape index (κ1) is 22.0. The Labute approximate surface area is 196 Å². The van der Waals surface area contributed by atoms with Crippen LogP contribution in [0.15, 0.2) is 42.2 Å². The van der Waals surface area contributed by atoms with Gasteiger partial charge in [0.1, 0.15) is 11.5 Å². The van der Waals surface area contributed by atoms with E-state index in [1.807, 2.05) is 44.2 Å². The lowest BCUT2D eigenvalue weighted by atomic mass is 10.0. The van der Waals surface area contributed by atoms with Gasteiger partial charge in [0.25, 0.3) is 0 Å². The highest BCUT2D eigenvalue weighted by Crippen LogP contribution is 2.41. The van der Waals surface area contributed by atoms with Gasteiger partial charge in [-0.2, -0.15) is 5.10 Å². The fourth-order valence-electron chi connectivity index (χ4n) is 4.34. The third-order valence-electron chi connectivity index (χ3n) is 6.05. The van der Waals surface area contributed by atoms with Gasteiger partial charge in [0.15, 0.2) is 5.76 Å². The minimum absolute atomic E-state index is 0.0526. The molecule has 9 heteroatoms. The molecule has 0 radical (unpaired) electrons. The number of piperazine rings is 1. The van der Waals surface area contributed by atoms with Gasteiger partial charge >= 0.3 is 6.09 Å². The van der Waals surface area contributed by atoms with E-state index in [0.29, 0.717) is 55.5 Å². The second-order valence-electron chi connectivity index (χ2n) is 8.73. The summed E-state index contributed by atoms with van der Waals surface area (Å²) in [4.78, 5) is 28.0. The Bertz CT molecular complexity index is 1290. The second kappa shape index (κ2) is 8.83. The van der Waals surface area contributed by atoms with Crippen molar-refractivity contribution in [1.29, 1.82) is 0 Å². The van der Waals surface area contributed by atoms with E-state index in [4.69, 9.17) is 9.47 Å². The quantitative estimate of drug-likeness (QED) is 0.556. The van der Waals surface area contributed by atoms with Crippen molar-refractivity contribution in [3.05, 3.63) is 59.0 Å². The summed E-state index contributed by atoms with van der Waals surface area (Å²) in [7, 11) is 0. The van der Waals surface area contributed by atoms with E-state index in [1.54, 1.807) is 12.1 Å². The molecule has 2 aliphatic heterocycles. The summed E-state index contributed by atoms with van der Waals surface area (Å²) in [5, 5.41) is 17.4. The maximum Gasteiger partial charge on any atom is 0.407 e. The van der Waals surface area contributed by atoms with Gasteiger partial charge in [-0.05, 0) is 32.0 Å². The second-order valence-corrected chi connectivity index (χ2v) is 8.73. The van der Waals surface area contributed by atoms with Crippen molar-refractivity contribution in [2.75, 3.05) is 26.2 Å². The maximum atomic E-state index is 13.2. The van der Waals surface area contributed by atoms with Crippen LogP contribution in [-0.2, 0) is 6.54 Å². The third-order valence-corrected chi connectivity index (χ3v) is 6.05. The molecule has 0 spiro atoms. The standard InChI is InChI=1S/C25H26N4O5/c1-15(2)33-21-8-7-17-23(30)22(13-20-16-5-3-4-6-19(16)26-27-20)34-24(17)18(21)14-28-9-11-29(12-10-28)25(31)32/h3-8,13,15H,9-12,14H2,1-2H3,(H,26,27)(H,31,32)/b22-13-. The molecule has 34 heavy (non-hydrogen) atoms. The number of benzene rings is 2. The number of rotatable bonds is 5. The summed E-state index contributed by atoms with van der Waals surface area (Å²) < 4.78 is 12.2. The highest BCUT2D eigenvalue weighted by molar-refractivity contribution is 6.15. The Morgan fingerprint density at radius 2 is 1.97 bits per heavy atom. The summed E-state index contributed by atoms with van der Waals surface area (Å²) in [5.74, 6) is 1.17. The van der Waals surface area contributed by atoms with Crippen LogP contribution in [0.4, 0.5) is 4.79 Å². The number of H-pyrrole nitrogens is 1. The van der Waals surface area contributed by atoms with Gasteiger partial charge in [-0.1, -0.05) is 18.2 Å². The molecule has 176 valence electrons. The Hall–Kier alpha value is -3.85. The number of allylic oxidation sites excluding steroid dienone is 1. The molecular formula is C25H26N4O5. The van der Waals surface area contributed by atoms with Gasteiger partial charge in [-0.25, -0.2) is 4.79 Å². The molecule has 1 saturated heterocycles. The predicted octanol–water partition coefficient (Wildman–Crippen LogP) is 3.76. The number of Topliss-reactive ketones (excluding diaryl/α,β-unsaturated/α-hetero) is 1. The summed E-state index contributed by atoms with van der Waals surface area (Å²) in [6, 6.07) is 11.3. The Kier molecular flexibility index (Phi) is 5.70. The van der Waals surface area contributed by atoms with Crippen molar-refractivity contribution in [2.24, 2.45) is 0 Å². The molecule has 1 aromatic heterocycles. The van der Waals surface area contributed by atoms with E-state index in [0.717, 1.165) is 16.5 Å². The van der Waals surface area contributed by atoms with Crippen molar-refractivity contribution in [2.45, 2.75) is 26.5 Å². The zero-order chi connectivity index (χ0) is 23.8. The van der Waals surface area contributed by atoms with Crippen LogP contribution in [0.5, 0.6) is 11.5 Å². The van der Waals surface area contributed by atoms with E-state index >= 15 is 0 Å². The molecule has 1 amide bonds. The van der Waals surface area contributed by atoms with Crippen molar-refractivity contribution < 1.29 is 24.2 Å². The minimum atomic E-state index is -0.904. The first-order valence-electron chi connectivity index (χ1n) is 11.3. The van der Waals surface area contributed by atoms with E-state index in [1.165, 1.54) is 4.90 Å². The molecule has 0 bridgehead atoms. The van der Waals surface area contributed by atoms with Crippen molar-refractivity contribution >= 4 is 28.9 Å². The Morgan fingerprint density at radius 3 is 2.71 bits per heavy atom. The van der Waals surface area contributed by atoms with Crippen molar-refractivity contribution in [3.8, 4) is 11.5 Å². The van der Waals surface area contributed by atoms with Crippen LogP contribution in [0.3, 0.4) is 0 Å². The van der Waals surface area contributed by atoms with Crippen LogP contribution < -0.4 is 9.47 Å². The van der Waals surface area contributed by atoms with E-state index < -0.39 is 6.09 Å². The van der Waals surface area contributed by atoms with E-state index in [9.17, 15) is 14.7 Å². The number of ether oxygens (including phenoxy) is 2. The fourth-order valence-corrected chi connectivity index (χ4v) is 4.34. The number of aromatic nitrogens is 2. The normalized spacial score (nSPS) is 17.4. The molecule has 0 aliphatic carbocycles. The van der Waals surface area contributed by atoms with Crippen LogP contribution in [0.1, 0.15) is 35.5 Å². The number of carbonyl (C=O) groups is 2. The number of hydrogen-bond donors (Lipinski definition) is 2. The topological polar surface area (TPSA) is 108 Å². The molecule has 1 fully saturated rings. The average Bonchev–Trinajstić information content (AvgIpc) is 3.37. The van der Waals surface area contributed by atoms with Crippen molar-refractivity contribution in [1.82, 2.24) is 20.0 Å². The van der Waals surface area contributed by atoms with Crippen LogP contribution in [0.25, 0.3) is 17.0 Å². The zero-order valence-corrected chi connectivity index (χ0v) is 19.1. The van der Waals surface area contributed by atoms with E-state index in [-0.39, 0.29) is 17.6 Å². The summed E-state index contributed by atoms with van der Waals surface area (Å²) in [5.41, 5.74) is 2.79. The molecule has 2 aliphatic rings. The minimum Gasteiger partial charge on any atom is -0.491 e. The molecule has 0 unspecified atom stereocenters. The van der Waals surface area contributed by atoms with Gasteiger partial charge in [-0.3, -0.25) is 14.8 Å². The number of hydrogen-bond acceptors (Lipinski definition) is 6. The summed E-state index contributed by atoms with van der Waals surface area (Å²) >= 11 is 0. The number of nitrogens with zero attached hydrogens (tertiary/aromatic N) is 3. The molecule has 0 saturated carbocycles. The van der Waals surface area contributed by atoms with E-state index in [2.05, 4.69) is 15.1 Å². The number of nitrogens with one attached hydrogen (secondary N) is 1. The first-order valence-corrected chi connectivity index (χ1v) is 11.3. The summed E-state index contributed by atoms with van der Waals surface area (Å²) in [6.45, 7) is 6.43. The number of aromatic amines is 1. The number of carbonyl (C=O) groups excluding carboxylic acids is 1. The molecule has 3 aromatic rings. The van der Waals surface area contributed by atoms with Crippen LogP contribution in [0, 0.1) is 0 Å². The third kappa shape index (κ3) is 4.10. The Balaban J connectivity index is 1.47. The number of ketones is 1. The van der Waals surface area contributed by atoms with Crippen LogP contribution in [-0.4, -0.2) is 69.3 Å². The molecule has 2 N–H and O–H groups in total. The lowest BCUT2D eigenvalue weighted by Gasteiger charge is -2.33. The van der Waals surface area contributed by atoms with Crippen LogP contribution >= 0.6 is 0 Å². The lowest BCUT2D eigenvalue weighted by molar-refractivity contribution is 0.101. The maximum absolute atomic E-state index is 13.2. The predicted molar refractivity (Wildman–Crippen MR) is 126 cm³/mol. The van der Waals surface area contributed by atoms with Gasteiger partial charge in [0.2, 0.25) is 5.78 Å². The highest BCUT2D eigenvalue weighted by atomic mass is 16.5. The fraction of sp³-hybridized carbons (Fsp3) is 0.320. The average molecular weight is 463 g/mol. The largest absolute Gasteiger partial charge is 0.491 e. The molecule has 0 atom stereocenters. The van der Waals surface area contributed by atoms with Crippen LogP contribution in [0.2, 0.25) is 0 Å². The lowest BCUT2D eigenvalue weighted by Crippen LogP contribution is -2.47. The number of amides is 1. The highest BCUT2D eigenvalue weighted by Gasteiger charge is 2.33. The zero-order valence-electron chi connectivity index (χ0n) is 19.1. The van der Waals surface area contributed by atoms with Gasteiger partial charge < -0.3 is 19.5 Å². The number of fused-ring (bicyclic) bond motifs is 2. The number of carboxylic acid groups (broad SMARTS) is 1. The summed E-state index contributed by atoms with van der Waals surface area (Å²) in [6.07, 6.45) is 0.710. The Morgan fingerprint density at radius 1 is 1.21 bits per heavy atom. The number of para-hydroxylation sites is 1.